The van der Waals surface area contributed by atoms with E-state index in [9.17, 15) is 0 Å². The average molecular weight is 259 g/mol. The third-order valence-corrected chi connectivity index (χ3v) is 3.55. The topological polar surface area (TPSA) is 55.9 Å². The third-order valence-electron chi connectivity index (χ3n) is 3.26. The van der Waals surface area contributed by atoms with Crippen LogP contribution in [0.15, 0.2) is 6.20 Å². The quantitative estimate of drug-likeness (QED) is 0.584. The molecule has 17 heavy (non-hydrogen) atoms. The lowest BCUT2D eigenvalue weighted by Gasteiger charge is -2.25. The highest BCUT2D eigenvalue weighted by Crippen LogP contribution is 2.31. The van der Waals surface area contributed by atoms with E-state index >= 15 is 0 Å². The molecule has 0 saturated carbocycles. The van der Waals surface area contributed by atoms with Gasteiger partial charge in [-0.2, -0.15) is 5.10 Å². The van der Waals surface area contributed by atoms with Crippen LogP contribution < -0.4 is 11.3 Å². The van der Waals surface area contributed by atoms with Crippen LogP contribution in [-0.4, -0.2) is 9.78 Å². The van der Waals surface area contributed by atoms with Gasteiger partial charge < -0.3 is 0 Å². The fourth-order valence-corrected chi connectivity index (χ4v) is 2.53. The molecule has 0 aliphatic heterocycles. The second kappa shape index (κ2) is 6.99. The predicted molar refractivity (Wildman–Crippen MR) is 71.7 cm³/mol. The zero-order valence-corrected chi connectivity index (χ0v) is 11.7. The van der Waals surface area contributed by atoms with Crippen LogP contribution in [0.4, 0.5) is 0 Å². The van der Waals surface area contributed by atoms with Crippen molar-refractivity contribution in [3.8, 4) is 0 Å². The van der Waals surface area contributed by atoms with Crippen LogP contribution in [0, 0.1) is 5.92 Å². The van der Waals surface area contributed by atoms with E-state index in [-0.39, 0.29) is 6.04 Å². The minimum absolute atomic E-state index is 0.0755. The molecule has 0 amide bonds. The Morgan fingerprint density at radius 1 is 1.41 bits per heavy atom. The van der Waals surface area contributed by atoms with Gasteiger partial charge in [-0.3, -0.25) is 16.0 Å². The Labute approximate surface area is 108 Å². The standard InChI is InChI=1S/C12H23ClN4/c1-4-7-17-12(10(13)8-15-17)11(16-14)9(5-2)6-3/h8-9,11,16H,4-7,14H2,1-3H3. The summed E-state index contributed by atoms with van der Waals surface area (Å²) < 4.78 is 1.96. The van der Waals surface area contributed by atoms with Gasteiger partial charge in [0.15, 0.2) is 0 Å². The van der Waals surface area contributed by atoms with Gasteiger partial charge >= 0.3 is 0 Å². The summed E-state index contributed by atoms with van der Waals surface area (Å²) in [6.45, 7) is 7.35. The van der Waals surface area contributed by atoms with Crippen LogP contribution >= 0.6 is 11.6 Å². The molecule has 1 unspecified atom stereocenters. The van der Waals surface area contributed by atoms with Gasteiger partial charge in [0, 0.05) is 6.54 Å². The molecule has 0 radical (unpaired) electrons. The maximum atomic E-state index is 6.23. The first-order valence-electron chi connectivity index (χ1n) is 6.36. The Morgan fingerprint density at radius 3 is 2.53 bits per heavy atom. The second-order valence-electron chi connectivity index (χ2n) is 4.32. The van der Waals surface area contributed by atoms with Crippen LogP contribution in [0.25, 0.3) is 0 Å². The zero-order valence-electron chi connectivity index (χ0n) is 10.9. The van der Waals surface area contributed by atoms with Crippen LogP contribution in [0.5, 0.6) is 0 Å². The molecule has 0 saturated heterocycles. The van der Waals surface area contributed by atoms with Crippen LogP contribution in [-0.2, 0) is 6.54 Å². The molecule has 0 aliphatic carbocycles. The number of hydrogen-bond donors (Lipinski definition) is 2. The number of rotatable bonds is 7. The van der Waals surface area contributed by atoms with Crippen molar-refractivity contribution in [2.75, 3.05) is 0 Å². The number of hydrogen-bond acceptors (Lipinski definition) is 3. The van der Waals surface area contributed by atoms with Gasteiger partial charge in [-0.1, -0.05) is 45.2 Å². The fourth-order valence-electron chi connectivity index (χ4n) is 2.27. The average Bonchev–Trinajstić information content (AvgIpc) is 2.68. The summed E-state index contributed by atoms with van der Waals surface area (Å²) >= 11 is 6.23. The van der Waals surface area contributed by atoms with Gasteiger partial charge in [-0.25, -0.2) is 0 Å². The molecule has 1 rings (SSSR count). The molecule has 0 aromatic carbocycles. The van der Waals surface area contributed by atoms with Crippen molar-refractivity contribution in [3.63, 3.8) is 0 Å². The highest BCUT2D eigenvalue weighted by atomic mass is 35.5. The van der Waals surface area contributed by atoms with E-state index in [0.29, 0.717) is 10.9 Å². The Balaban J connectivity index is 3.04. The number of nitrogens with two attached hydrogens (primary N) is 1. The van der Waals surface area contributed by atoms with E-state index in [2.05, 4.69) is 31.3 Å². The smallest absolute Gasteiger partial charge is 0.0834 e. The van der Waals surface area contributed by atoms with Crippen molar-refractivity contribution >= 4 is 11.6 Å². The Bertz CT molecular complexity index is 333. The van der Waals surface area contributed by atoms with E-state index < -0.39 is 0 Å². The zero-order chi connectivity index (χ0) is 12.8. The first kappa shape index (κ1) is 14.5. The molecule has 0 fully saturated rings. The number of nitrogens with one attached hydrogen (secondary N) is 1. The van der Waals surface area contributed by atoms with Gasteiger partial charge in [-0.05, 0) is 12.3 Å². The number of halogens is 1. The van der Waals surface area contributed by atoms with Gasteiger partial charge in [0.05, 0.1) is 23.0 Å². The van der Waals surface area contributed by atoms with Crippen LogP contribution in [0.1, 0.15) is 51.8 Å². The fraction of sp³-hybridized carbons (Fsp3) is 0.750. The largest absolute Gasteiger partial charge is 0.271 e. The molecule has 1 atom stereocenters. The van der Waals surface area contributed by atoms with E-state index in [1.807, 2.05) is 4.68 Å². The molecule has 1 aromatic rings. The molecule has 4 nitrogen and oxygen atoms in total. The lowest BCUT2D eigenvalue weighted by Crippen LogP contribution is -2.35. The maximum Gasteiger partial charge on any atom is 0.0834 e. The van der Waals surface area contributed by atoms with Gasteiger partial charge in [0.1, 0.15) is 0 Å². The van der Waals surface area contributed by atoms with Crippen molar-refractivity contribution < 1.29 is 0 Å². The summed E-state index contributed by atoms with van der Waals surface area (Å²) in [5.41, 5.74) is 3.92. The minimum Gasteiger partial charge on any atom is -0.271 e. The predicted octanol–water partition coefficient (Wildman–Crippen LogP) is 2.89. The Kier molecular flexibility index (Phi) is 5.95. The first-order chi connectivity index (χ1) is 8.19. The van der Waals surface area contributed by atoms with Crippen molar-refractivity contribution in [1.82, 2.24) is 15.2 Å². The van der Waals surface area contributed by atoms with Gasteiger partial charge in [0.2, 0.25) is 0 Å². The Hall–Kier alpha value is -0.580. The number of nitrogens with zero attached hydrogens (tertiary/aromatic N) is 2. The van der Waals surface area contributed by atoms with Gasteiger partial charge in [0.25, 0.3) is 0 Å². The van der Waals surface area contributed by atoms with Crippen molar-refractivity contribution in [1.29, 1.82) is 0 Å². The SMILES string of the molecule is CCCn1ncc(Cl)c1C(NN)C(CC)CC. The number of aryl methyl sites for hydroxylation is 1. The molecule has 0 bridgehead atoms. The molecule has 1 heterocycles. The van der Waals surface area contributed by atoms with E-state index in [1.165, 1.54) is 0 Å². The third kappa shape index (κ3) is 3.21. The van der Waals surface area contributed by atoms with Crippen molar-refractivity contribution in [2.24, 2.45) is 11.8 Å². The summed E-state index contributed by atoms with van der Waals surface area (Å²) in [7, 11) is 0. The lowest BCUT2D eigenvalue weighted by atomic mass is 9.92. The second-order valence-corrected chi connectivity index (χ2v) is 4.73. The van der Waals surface area contributed by atoms with Crippen LogP contribution in [0.3, 0.4) is 0 Å². The summed E-state index contributed by atoms with van der Waals surface area (Å²) in [5.74, 6) is 6.18. The van der Waals surface area contributed by atoms with E-state index in [0.717, 1.165) is 31.5 Å². The molecule has 0 aliphatic rings. The number of aromatic nitrogens is 2. The summed E-state index contributed by atoms with van der Waals surface area (Å²) in [5, 5.41) is 5.02. The van der Waals surface area contributed by atoms with E-state index in [1.54, 1.807) is 6.20 Å². The molecule has 98 valence electrons. The lowest BCUT2D eigenvalue weighted by molar-refractivity contribution is 0.325. The molecule has 5 heteroatoms. The number of hydrazine groups is 1. The molecule has 1 aromatic heterocycles. The molecular weight excluding hydrogens is 236 g/mol. The van der Waals surface area contributed by atoms with Crippen LogP contribution in [0.2, 0.25) is 5.02 Å². The normalized spacial score (nSPS) is 13.3. The monoisotopic (exact) mass is 258 g/mol. The van der Waals surface area contributed by atoms with E-state index in [4.69, 9.17) is 17.4 Å². The summed E-state index contributed by atoms with van der Waals surface area (Å²) in [6, 6.07) is 0.0755. The van der Waals surface area contributed by atoms with Gasteiger partial charge in [-0.15, -0.1) is 0 Å². The summed E-state index contributed by atoms with van der Waals surface area (Å²) in [4.78, 5) is 0. The highest BCUT2D eigenvalue weighted by molar-refractivity contribution is 6.31. The molecule has 0 spiro atoms. The Morgan fingerprint density at radius 2 is 2.06 bits per heavy atom. The summed E-state index contributed by atoms with van der Waals surface area (Å²) in [6.07, 6.45) is 4.88. The molecular formula is C12H23ClN4. The minimum atomic E-state index is 0.0755. The van der Waals surface area contributed by atoms with Crippen molar-refractivity contribution in [3.05, 3.63) is 16.9 Å². The molecule has 3 N–H and O–H groups in total. The first-order valence-corrected chi connectivity index (χ1v) is 6.74. The van der Waals surface area contributed by atoms with Crippen molar-refractivity contribution in [2.45, 2.75) is 52.6 Å². The highest BCUT2D eigenvalue weighted by Gasteiger charge is 2.25. The maximum absolute atomic E-state index is 6.23.